The number of pyridine rings is 1. The number of benzene rings is 1. The van der Waals surface area contributed by atoms with Crippen LogP contribution in [0.1, 0.15) is 43.5 Å². The Labute approximate surface area is 132 Å². The summed E-state index contributed by atoms with van der Waals surface area (Å²) in [6.45, 7) is 8.33. The van der Waals surface area contributed by atoms with Gasteiger partial charge in [-0.25, -0.2) is 0 Å². The van der Waals surface area contributed by atoms with Gasteiger partial charge in [0.15, 0.2) is 0 Å². The number of para-hydroxylation sites is 1. The first-order valence-corrected chi connectivity index (χ1v) is 8.15. The molecule has 0 radical (unpaired) electrons. The van der Waals surface area contributed by atoms with Crippen molar-refractivity contribution < 1.29 is 4.79 Å². The highest BCUT2D eigenvalue weighted by atomic mass is 16.2. The van der Waals surface area contributed by atoms with Gasteiger partial charge < -0.3 is 4.90 Å². The Bertz CT molecular complexity index is 715. The molecule has 0 N–H and O–H groups in total. The molecule has 1 aliphatic carbocycles. The van der Waals surface area contributed by atoms with Crippen molar-refractivity contribution in [3.63, 3.8) is 0 Å². The fourth-order valence-electron chi connectivity index (χ4n) is 3.34. The number of rotatable bonds is 4. The van der Waals surface area contributed by atoms with Gasteiger partial charge in [-0.15, -0.1) is 0 Å². The zero-order chi connectivity index (χ0) is 15.9. The molecular formula is C19H24N2O. The van der Waals surface area contributed by atoms with Crippen LogP contribution >= 0.6 is 0 Å². The molecule has 0 aliphatic heterocycles. The van der Waals surface area contributed by atoms with Crippen LogP contribution < -0.4 is 0 Å². The monoisotopic (exact) mass is 296 g/mol. The van der Waals surface area contributed by atoms with E-state index in [1.54, 1.807) is 0 Å². The van der Waals surface area contributed by atoms with E-state index in [0.29, 0.717) is 12.5 Å². The molecule has 0 unspecified atom stereocenters. The lowest BCUT2D eigenvalue weighted by Gasteiger charge is -2.27. The minimum absolute atomic E-state index is 0.237. The van der Waals surface area contributed by atoms with E-state index < -0.39 is 0 Å². The number of fused-ring (bicyclic) bond motifs is 1. The van der Waals surface area contributed by atoms with E-state index in [2.05, 4.69) is 36.7 Å². The molecule has 0 bridgehead atoms. The summed E-state index contributed by atoms with van der Waals surface area (Å²) in [5.41, 5.74) is 4.27. The van der Waals surface area contributed by atoms with Gasteiger partial charge in [0.1, 0.15) is 0 Å². The highest BCUT2D eigenvalue weighted by molar-refractivity contribution is 5.86. The highest BCUT2D eigenvalue weighted by Crippen LogP contribution is 2.30. The quantitative estimate of drug-likeness (QED) is 0.860. The van der Waals surface area contributed by atoms with E-state index in [-0.39, 0.29) is 11.9 Å². The number of aromatic nitrogens is 1. The molecule has 0 saturated heterocycles. The summed E-state index contributed by atoms with van der Waals surface area (Å²) in [7, 11) is 0. The lowest BCUT2D eigenvalue weighted by atomic mass is 9.99. The number of hydrogen-bond donors (Lipinski definition) is 0. The second kappa shape index (κ2) is 5.71. The van der Waals surface area contributed by atoms with Crippen molar-refractivity contribution >= 4 is 16.8 Å². The summed E-state index contributed by atoms with van der Waals surface area (Å²) in [5, 5.41) is 1.15. The van der Waals surface area contributed by atoms with Gasteiger partial charge in [-0.3, -0.25) is 9.78 Å². The Balaban J connectivity index is 1.94. The molecule has 1 aliphatic rings. The number of aryl methyl sites for hydroxylation is 2. The molecule has 2 aromatic rings. The fourth-order valence-corrected chi connectivity index (χ4v) is 3.34. The molecule has 116 valence electrons. The van der Waals surface area contributed by atoms with E-state index in [0.717, 1.165) is 35.0 Å². The van der Waals surface area contributed by atoms with Crippen LogP contribution in [0.2, 0.25) is 0 Å². The van der Waals surface area contributed by atoms with Crippen LogP contribution in [0, 0.1) is 13.8 Å². The SMILES string of the molecule is Cc1nc2ccccc2c(C)c1CC(=O)N(C(C)C)C1CC1. The Morgan fingerprint density at radius 3 is 2.59 bits per heavy atom. The molecule has 1 fully saturated rings. The molecule has 3 heteroatoms. The summed E-state index contributed by atoms with van der Waals surface area (Å²) in [6, 6.07) is 8.89. The fraction of sp³-hybridized carbons (Fsp3) is 0.474. The van der Waals surface area contributed by atoms with E-state index in [1.807, 2.05) is 25.1 Å². The van der Waals surface area contributed by atoms with Gasteiger partial charge in [-0.05, 0) is 57.7 Å². The molecule has 1 heterocycles. The first-order chi connectivity index (χ1) is 10.5. The zero-order valence-corrected chi connectivity index (χ0v) is 13.9. The molecule has 1 saturated carbocycles. The average molecular weight is 296 g/mol. The molecule has 1 amide bonds. The molecule has 3 nitrogen and oxygen atoms in total. The molecule has 22 heavy (non-hydrogen) atoms. The van der Waals surface area contributed by atoms with Crippen LogP contribution in [0.3, 0.4) is 0 Å². The summed E-state index contributed by atoms with van der Waals surface area (Å²) < 4.78 is 0. The largest absolute Gasteiger partial charge is 0.337 e. The predicted molar refractivity (Wildman–Crippen MR) is 89.9 cm³/mol. The molecule has 1 aromatic carbocycles. The number of carbonyl (C=O) groups excluding carboxylic acids is 1. The average Bonchev–Trinajstić information content (AvgIpc) is 3.28. The molecular weight excluding hydrogens is 272 g/mol. The molecule has 0 atom stereocenters. The third kappa shape index (κ3) is 2.72. The van der Waals surface area contributed by atoms with Crippen LogP contribution in [0.15, 0.2) is 24.3 Å². The van der Waals surface area contributed by atoms with E-state index in [4.69, 9.17) is 0 Å². The van der Waals surface area contributed by atoms with Gasteiger partial charge in [0.2, 0.25) is 5.91 Å². The van der Waals surface area contributed by atoms with Crippen LogP contribution in [-0.4, -0.2) is 27.9 Å². The van der Waals surface area contributed by atoms with Crippen molar-refractivity contribution in [2.75, 3.05) is 0 Å². The lowest BCUT2D eigenvalue weighted by Crippen LogP contribution is -2.40. The number of nitrogens with zero attached hydrogens (tertiary/aromatic N) is 2. The maximum Gasteiger partial charge on any atom is 0.227 e. The van der Waals surface area contributed by atoms with Crippen molar-refractivity contribution in [2.24, 2.45) is 0 Å². The number of hydrogen-bond acceptors (Lipinski definition) is 2. The standard InChI is InChI=1S/C19H24N2O/c1-12(2)21(15-9-10-15)19(22)11-17-13(3)16-7-5-6-8-18(16)20-14(17)4/h5-8,12,15H,9-11H2,1-4H3. The maximum atomic E-state index is 12.8. The summed E-state index contributed by atoms with van der Waals surface area (Å²) >= 11 is 0. The number of amides is 1. The van der Waals surface area contributed by atoms with Gasteiger partial charge >= 0.3 is 0 Å². The topological polar surface area (TPSA) is 33.2 Å². The second-order valence-electron chi connectivity index (χ2n) is 6.62. The summed E-state index contributed by atoms with van der Waals surface area (Å²) in [4.78, 5) is 19.5. The first kappa shape index (κ1) is 15.0. The Morgan fingerprint density at radius 2 is 1.95 bits per heavy atom. The first-order valence-electron chi connectivity index (χ1n) is 8.15. The lowest BCUT2D eigenvalue weighted by molar-refractivity contribution is -0.132. The Kier molecular flexibility index (Phi) is 3.90. The third-order valence-corrected chi connectivity index (χ3v) is 4.60. The van der Waals surface area contributed by atoms with Crippen molar-refractivity contribution in [3.8, 4) is 0 Å². The normalized spacial score (nSPS) is 14.6. The van der Waals surface area contributed by atoms with Crippen molar-refractivity contribution in [2.45, 2.75) is 59.0 Å². The third-order valence-electron chi connectivity index (χ3n) is 4.60. The van der Waals surface area contributed by atoms with Gasteiger partial charge in [0, 0.05) is 23.2 Å². The van der Waals surface area contributed by atoms with Crippen LogP contribution in [-0.2, 0) is 11.2 Å². The van der Waals surface area contributed by atoms with Gasteiger partial charge in [0.25, 0.3) is 0 Å². The maximum absolute atomic E-state index is 12.8. The molecule has 3 rings (SSSR count). The van der Waals surface area contributed by atoms with E-state index in [1.165, 1.54) is 5.56 Å². The van der Waals surface area contributed by atoms with Crippen molar-refractivity contribution in [1.29, 1.82) is 0 Å². The van der Waals surface area contributed by atoms with Gasteiger partial charge in [-0.2, -0.15) is 0 Å². The van der Waals surface area contributed by atoms with Crippen LogP contribution in [0.5, 0.6) is 0 Å². The van der Waals surface area contributed by atoms with Gasteiger partial charge in [-0.1, -0.05) is 18.2 Å². The summed E-state index contributed by atoms with van der Waals surface area (Å²) in [6.07, 6.45) is 2.76. The number of carbonyl (C=O) groups is 1. The minimum atomic E-state index is 0.237. The smallest absolute Gasteiger partial charge is 0.227 e. The summed E-state index contributed by atoms with van der Waals surface area (Å²) in [5.74, 6) is 0.237. The Morgan fingerprint density at radius 1 is 1.27 bits per heavy atom. The van der Waals surface area contributed by atoms with Crippen LogP contribution in [0.25, 0.3) is 10.9 Å². The Hall–Kier alpha value is -1.90. The van der Waals surface area contributed by atoms with Gasteiger partial charge in [0.05, 0.1) is 11.9 Å². The second-order valence-corrected chi connectivity index (χ2v) is 6.62. The molecule has 0 spiro atoms. The van der Waals surface area contributed by atoms with Crippen molar-refractivity contribution in [3.05, 3.63) is 41.1 Å². The zero-order valence-electron chi connectivity index (χ0n) is 13.9. The van der Waals surface area contributed by atoms with E-state index >= 15 is 0 Å². The van der Waals surface area contributed by atoms with E-state index in [9.17, 15) is 4.79 Å². The highest BCUT2D eigenvalue weighted by Gasteiger charge is 2.34. The predicted octanol–water partition coefficient (Wildman–Crippen LogP) is 3.79. The minimum Gasteiger partial charge on any atom is -0.337 e. The molecule has 1 aromatic heterocycles. The van der Waals surface area contributed by atoms with Crippen molar-refractivity contribution in [1.82, 2.24) is 9.88 Å². The van der Waals surface area contributed by atoms with Crippen LogP contribution in [0.4, 0.5) is 0 Å².